The fourth-order valence-corrected chi connectivity index (χ4v) is 1.28. The lowest BCUT2D eigenvalue weighted by Gasteiger charge is -2.07. The molecule has 0 amide bonds. The zero-order chi connectivity index (χ0) is 12.5. The topological polar surface area (TPSA) is 67.2 Å². The van der Waals surface area contributed by atoms with Crippen LogP contribution in [0.25, 0.3) is 10.4 Å². The van der Waals surface area contributed by atoms with Crippen molar-refractivity contribution >= 4 is 0 Å². The molecular formula is C12H13N3O2. The fraction of sp³-hybridized carbons (Fsp3) is 0.333. The van der Waals surface area contributed by atoms with E-state index < -0.39 is 0 Å². The molecule has 0 aromatic heterocycles. The molecule has 0 bridgehead atoms. The number of hydrogen-bond donors (Lipinski definition) is 0. The molecule has 0 radical (unpaired) electrons. The highest BCUT2D eigenvalue weighted by Gasteiger charge is 2.05. The van der Waals surface area contributed by atoms with Crippen molar-refractivity contribution in [1.29, 1.82) is 0 Å². The average Bonchev–Trinajstić information content (AvgIpc) is 2.38. The third kappa shape index (κ3) is 3.63. The van der Waals surface area contributed by atoms with Crippen LogP contribution < -0.4 is 9.47 Å². The predicted octanol–water partition coefficient (Wildman–Crippen LogP) is 2.76. The molecule has 0 atom stereocenters. The molecular weight excluding hydrogens is 218 g/mol. The first-order valence-electron chi connectivity index (χ1n) is 5.04. The van der Waals surface area contributed by atoms with E-state index in [1.807, 2.05) is 18.2 Å². The molecule has 0 aliphatic heterocycles. The van der Waals surface area contributed by atoms with Crippen LogP contribution in [0, 0.1) is 11.8 Å². The van der Waals surface area contributed by atoms with Gasteiger partial charge in [0.2, 0.25) is 0 Å². The summed E-state index contributed by atoms with van der Waals surface area (Å²) in [6.07, 6.45) is 0.505. The summed E-state index contributed by atoms with van der Waals surface area (Å²) >= 11 is 0. The fourth-order valence-electron chi connectivity index (χ4n) is 1.28. The maximum Gasteiger partial charge on any atom is 0.138 e. The molecule has 0 fully saturated rings. The normalized spacial score (nSPS) is 8.59. The van der Waals surface area contributed by atoms with Crippen LogP contribution in [0.5, 0.6) is 11.5 Å². The molecule has 0 unspecified atom stereocenters. The first-order chi connectivity index (χ1) is 8.33. The van der Waals surface area contributed by atoms with Gasteiger partial charge < -0.3 is 9.47 Å². The van der Waals surface area contributed by atoms with Crippen LogP contribution in [-0.4, -0.2) is 20.8 Å². The Morgan fingerprint density at radius 1 is 1.29 bits per heavy atom. The van der Waals surface area contributed by atoms with Crippen molar-refractivity contribution in [1.82, 2.24) is 0 Å². The highest BCUT2D eigenvalue weighted by molar-refractivity contribution is 5.55. The minimum atomic E-state index is 0.362. The smallest absolute Gasteiger partial charge is 0.138 e. The molecule has 0 spiro atoms. The lowest BCUT2D eigenvalue weighted by Crippen LogP contribution is -1.92. The van der Waals surface area contributed by atoms with Crippen LogP contribution >= 0.6 is 0 Å². The second kappa shape index (κ2) is 7.04. The minimum Gasteiger partial charge on any atom is -0.495 e. The second-order valence-corrected chi connectivity index (χ2v) is 3.04. The van der Waals surface area contributed by atoms with E-state index in [1.165, 1.54) is 0 Å². The van der Waals surface area contributed by atoms with Gasteiger partial charge in [0.25, 0.3) is 0 Å². The van der Waals surface area contributed by atoms with Crippen LogP contribution in [0.1, 0.15) is 12.0 Å². The Morgan fingerprint density at radius 3 is 2.47 bits per heavy atom. The molecule has 0 heterocycles. The molecule has 1 aromatic carbocycles. The lowest BCUT2D eigenvalue weighted by molar-refractivity contribution is 0.392. The van der Waals surface area contributed by atoms with E-state index in [-0.39, 0.29) is 0 Å². The van der Waals surface area contributed by atoms with E-state index in [4.69, 9.17) is 15.0 Å². The molecule has 17 heavy (non-hydrogen) atoms. The van der Waals surface area contributed by atoms with Gasteiger partial charge in [0, 0.05) is 17.9 Å². The molecule has 5 nitrogen and oxygen atoms in total. The van der Waals surface area contributed by atoms with Crippen LogP contribution in [0.4, 0.5) is 0 Å². The molecule has 88 valence electrons. The van der Waals surface area contributed by atoms with Crippen molar-refractivity contribution in [3.05, 3.63) is 34.2 Å². The Hall–Kier alpha value is -2.31. The standard InChI is InChI=1S/C12H13N3O2/c1-16-11-7-5-8-12(17-2)10(11)6-3-4-9-14-15-13/h5,7-8H,4,9H2,1-2H3. The third-order valence-electron chi connectivity index (χ3n) is 2.04. The molecule has 0 N–H and O–H groups in total. The number of azide groups is 1. The van der Waals surface area contributed by atoms with Crippen LogP contribution in [0.3, 0.4) is 0 Å². The lowest BCUT2D eigenvalue weighted by atomic mass is 10.1. The number of methoxy groups -OCH3 is 2. The monoisotopic (exact) mass is 231 g/mol. The van der Waals surface area contributed by atoms with Crippen LogP contribution in [0.15, 0.2) is 23.3 Å². The van der Waals surface area contributed by atoms with Gasteiger partial charge in [0.05, 0.1) is 14.2 Å². The minimum absolute atomic E-state index is 0.362. The van der Waals surface area contributed by atoms with E-state index >= 15 is 0 Å². The number of benzene rings is 1. The zero-order valence-electron chi connectivity index (χ0n) is 9.80. The quantitative estimate of drug-likeness (QED) is 0.263. The van der Waals surface area contributed by atoms with Crippen molar-refractivity contribution in [2.75, 3.05) is 20.8 Å². The van der Waals surface area contributed by atoms with Gasteiger partial charge in [-0.25, -0.2) is 0 Å². The van der Waals surface area contributed by atoms with Crippen molar-refractivity contribution in [3.8, 4) is 23.3 Å². The molecule has 1 aromatic rings. The van der Waals surface area contributed by atoms with Crippen molar-refractivity contribution in [3.63, 3.8) is 0 Å². The Bertz CT molecular complexity index is 460. The first kappa shape index (κ1) is 12.8. The first-order valence-corrected chi connectivity index (χ1v) is 5.04. The van der Waals surface area contributed by atoms with E-state index in [0.717, 1.165) is 0 Å². The molecule has 0 saturated carbocycles. The maximum absolute atomic E-state index is 8.12. The number of nitrogens with zero attached hydrogens (tertiary/aromatic N) is 3. The summed E-state index contributed by atoms with van der Waals surface area (Å²) in [6.45, 7) is 0.362. The molecule has 0 saturated heterocycles. The van der Waals surface area contributed by atoms with Gasteiger partial charge in [0.1, 0.15) is 17.1 Å². The highest BCUT2D eigenvalue weighted by atomic mass is 16.5. The Labute approximate surface area is 100.0 Å². The molecule has 0 aliphatic carbocycles. The highest BCUT2D eigenvalue weighted by Crippen LogP contribution is 2.26. The summed E-state index contributed by atoms with van der Waals surface area (Å²) in [5.74, 6) is 7.20. The number of hydrogen-bond acceptors (Lipinski definition) is 3. The summed E-state index contributed by atoms with van der Waals surface area (Å²) in [7, 11) is 3.17. The van der Waals surface area contributed by atoms with E-state index in [2.05, 4.69) is 21.9 Å². The SMILES string of the molecule is COc1cccc(OC)c1C#CCCN=[N+]=[N-]. The van der Waals surface area contributed by atoms with Gasteiger partial charge in [-0.1, -0.05) is 23.0 Å². The maximum atomic E-state index is 8.12. The predicted molar refractivity (Wildman–Crippen MR) is 65.1 cm³/mol. The van der Waals surface area contributed by atoms with Crippen molar-refractivity contribution in [2.45, 2.75) is 6.42 Å². The molecule has 1 rings (SSSR count). The van der Waals surface area contributed by atoms with E-state index in [9.17, 15) is 0 Å². The van der Waals surface area contributed by atoms with Crippen LogP contribution in [-0.2, 0) is 0 Å². The summed E-state index contributed by atoms with van der Waals surface area (Å²) in [5, 5.41) is 3.40. The van der Waals surface area contributed by atoms with Crippen molar-refractivity contribution in [2.24, 2.45) is 5.11 Å². The second-order valence-electron chi connectivity index (χ2n) is 3.04. The van der Waals surface area contributed by atoms with Gasteiger partial charge in [-0.15, -0.1) is 0 Å². The summed E-state index contributed by atoms with van der Waals surface area (Å²) < 4.78 is 10.4. The summed E-state index contributed by atoms with van der Waals surface area (Å²) in [4.78, 5) is 2.66. The Kier molecular flexibility index (Phi) is 5.29. The summed E-state index contributed by atoms with van der Waals surface area (Å²) in [5.41, 5.74) is 8.82. The van der Waals surface area contributed by atoms with Gasteiger partial charge >= 0.3 is 0 Å². The van der Waals surface area contributed by atoms with Gasteiger partial charge in [0.15, 0.2) is 0 Å². The summed E-state index contributed by atoms with van der Waals surface area (Å²) in [6, 6.07) is 5.47. The zero-order valence-corrected chi connectivity index (χ0v) is 9.80. The van der Waals surface area contributed by atoms with Crippen LogP contribution in [0.2, 0.25) is 0 Å². The van der Waals surface area contributed by atoms with E-state index in [1.54, 1.807) is 14.2 Å². The van der Waals surface area contributed by atoms with Gasteiger partial charge in [-0.2, -0.15) is 0 Å². The largest absolute Gasteiger partial charge is 0.495 e. The Balaban J connectivity index is 2.90. The molecule has 0 aliphatic rings. The molecule has 5 heteroatoms. The average molecular weight is 231 g/mol. The van der Waals surface area contributed by atoms with Gasteiger partial charge in [-0.05, 0) is 17.7 Å². The van der Waals surface area contributed by atoms with Gasteiger partial charge in [-0.3, -0.25) is 0 Å². The number of ether oxygens (including phenoxy) is 2. The van der Waals surface area contributed by atoms with E-state index in [0.29, 0.717) is 30.0 Å². The Morgan fingerprint density at radius 2 is 1.94 bits per heavy atom. The van der Waals surface area contributed by atoms with Crippen molar-refractivity contribution < 1.29 is 9.47 Å². The third-order valence-corrected chi connectivity index (χ3v) is 2.04. The number of rotatable bonds is 4.